The number of nitriles is 1. The highest BCUT2D eigenvalue weighted by molar-refractivity contribution is 7.16. The van der Waals surface area contributed by atoms with Crippen LogP contribution in [-0.4, -0.2) is 55.6 Å². The third-order valence-electron chi connectivity index (χ3n) is 4.65. The van der Waals surface area contributed by atoms with Crippen molar-refractivity contribution in [3.05, 3.63) is 58.0 Å². The number of amides is 2. The first kappa shape index (κ1) is 21.6. The van der Waals surface area contributed by atoms with Gasteiger partial charge in [-0.15, -0.1) is 11.3 Å². The average molecular weight is 425 g/mol. The minimum absolute atomic E-state index is 0.297. The number of anilines is 1. The van der Waals surface area contributed by atoms with Gasteiger partial charge in [0, 0.05) is 24.0 Å². The maximum absolute atomic E-state index is 12.3. The summed E-state index contributed by atoms with van der Waals surface area (Å²) in [6, 6.07) is 11.7. The van der Waals surface area contributed by atoms with Gasteiger partial charge in [0.25, 0.3) is 0 Å². The summed E-state index contributed by atoms with van der Waals surface area (Å²) in [7, 11) is 3.84. The molecule has 2 amide bonds. The number of hydrogen-bond acceptors (Lipinski definition) is 6. The molecule has 1 N–H and O–H groups in total. The molecule has 0 saturated carbocycles. The zero-order chi connectivity index (χ0) is 21.5. The number of carbonyl (C=O) groups excluding carboxylic acids is 2. The number of ether oxygens (including phenoxy) is 1. The molecule has 3 rings (SSSR count). The molecule has 0 unspecified atom stereocenters. The zero-order valence-corrected chi connectivity index (χ0v) is 17.9. The van der Waals surface area contributed by atoms with Gasteiger partial charge in [0.1, 0.15) is 17.7 Å². The van der Waals surface area contributed by atoms with Gasteiger partial charge in [0.15, 0.2) is 0 Å². The molecular formula is C22H24N4O3S. The first-order valence-corrected chi connectivity index (χ1v) is 10.4. The summed E-state index contributed by atoms with van der Waals surface area (Å²) in [5, 5.41) is 12.9. The van der Waals surface area contributed by atoms with Gasteiger partial charge in [0.2, 0.25) is 5.91 Å². The summed E-state index contributed by atoms with van der Waals surface area (Å²) in [6.07, 6.45) is 3.38. The third kappa shape index (κ3) is 5.47. The molecule has 0 atom stereocenters. The van der Waals surface area contributed by atoms with Crippen LogP contribution in [0, 0.1) is 11.3 Å². The number of hydrogen-bond donors (Lipinski definition) is 1. The molecule has 2 aromatic rings. The van der Waals surface area contributed by atoms with E-state index in [0.29, 0.717) is 43.2 Å². The molecular weight excluding hydrogens is 400 g/mol. The molecule has 156 valence electrons. The van der Waals surface area contributed by atoms with E-state index in [0.717, 1.165) is 16.0 Å². The summed E-state index contributed by atoms with van der Waals surface area (Å²) < 4.78 is 5.32. The van der Waals surface area contributed by atoms with Crippen LogP contribution in [-0.2, 0) is 22.5 Å². The number of nitrogens with zero attached hydrogens (tertiary/aromatic N) is 3. The molecule has 30 heavy (non-hydrogen) atoms. The lowest BCUT2D eigenvalue weighted by molar-refractivity contribution is -0.111. The second-order valence-electron chi connectivity index (χ2n) is 7.14. The fraction of sp³-hybridized carbons (Fsp3) is 0.318. The van der Waals surface area contributed by atoms with Gasteiger partial charge in [-0.1, -0.05) is 30.3 Å². The smallest absolute Gasteiger partial charge is 0.410 e. The van der Waals surface area contributed by atoms with E-state index in [9.17, 15) is 14.9 Å². The summed E-state index contributed by atoms with van der Waals surface area (Å²) in [6.45, 7) is 1.86. The summed E-state index contributed by atoms with van der Waals surface area (Å²) in [4.78, 5) is 29.1. The van der Waals surface area contributed by atoms with Crippen molar-refractivity contribution in [3.8, 4) is 6.07 Å². The van der Waals surface area contributed by atoms with Gasteiger partial charge < -0.3 is 19.9 Å². The molecule has 7 nitrogen and oxygen atoms in total. The fourth-order valence-corrected chi connectivity index (χ4v) is 4.28. The van der Waals surface area contributed by atoms with Crippen LogP contribution in [0.4, 0.5) is 9.80 Å². The van der Waals surface area contributed by atoms with Crippen LogP contribution in [0.1, 0.15) is 21.6 Å². The topological polar surface area (TPSA) is 85.7 Å². The van der Waals surface area contributed by atoms with E-state index < -0.39 is 0 Å². The van der Waals surface area contributed by atoms with E-state index in [-0.39, 0.29) is 12.0 Å². The van der Waals surface area contributed by atoms with E-state index in [2.05, 4.69) is 11.4 Å². The minimum Gasteiger partial charge on any atom is -0.448 e. The Morgan fingerprint density at radius 3 is 2.80 bits per heavy atom. The Kier molecular flexibility index (Phi) is 7.22. The molecule has 0 radical (unpaired) electrons. The normalized spacial score (nSPS) is 13.2. The van der Waals surface area contributed by atoms with Crippen molar-refractivity contribution in [3.63, 3.8) is 0 Å². The van der Waals surface area contributed by atoms with E-state index in [1.807, 2.05) is 49.3 Å². The molecule has 0 spiro atoms. The highest BCUT2D eigenvalue weighted by Crippen LogP contribution is 2.36. The Hall–Kier alpha value is -3.15. The molecule has 0 fully saturated rings. The van der Waals surface area contributed by atoms with E-state index in [1.54, 1.807) is 11.0 Å². The van der Waals surface area contributed by atoms with Gasteiger partial charge in [-0.3, -0.25) is 4.79 Å². The number of fused-ring (bicyclic) bond motifs is 1. The van der Waals surface area contributed by atoms with Crippen molar-refractivity contribution in [2.45, 2.75) is 13.0 Å². The molecule has 2 heterocycles. The number of thiophene rings is 1. The number of nitrogens with one attached hydrogen (secondary N) is 1. The van der Waals surface area contributed by atoms with Crippen LogP contribution in [0.25, 0.3) is 6.08 Å². The molecule has 1 aliphatic rings. The number of benzene rings is 1. The van der Waals surface area contributed by atoms with Crippen molar-refractivity contribution in [1.82, 2.24) is 9.80 Å². The SMILES string of the molecule is CN(C)CCOC(=O)N1CCc2c(sc(NC(=O)C=Cc3ccccc3)c2C#N)C1. The van der Waals surface area contributed by atoms with Crippen molar-refractivity contribution < 1.29 is 14.3 Å². The van der Waals surface area contributed by atoms with E-state index >= 15 is 0 Å². The van der Waals surface area contributed by atoms with E-state index in [4.69, 9.17) is 4.74 Å². The van der Waals surface area contributed by atoms with Crippen LogP contribution in [0.15, 0.2) is 36.4 Å². The van der Waals surface area contributed by atoms with Crippen LogP contribution in [0.2, 0.25) is 0 Å². The largest absolute Gasteiger partial charge is 0.448 e. The third-order valence-corrected chi connectivity index (χ3v) is 5.79. The fourth-order valence-electron chi connectivity index (χ4n) is 3.06. The first-order chi connectivity index (χ1) is 14.5. The highest BCUT2D eigenvalue weighted by atomic mass is 32.1. The monoisotopic (exact) mass is 424 g/mol. The van der Waals surface area contributed by atoms with Crippen LogP contribution >= 0.6 is 11.3 Å². The Morgan fingerprint density at radius 1 is 1.33 bits per heavy atom. The van der Waals surface area contributed by atoms with Crippen molar-refractivity contribution in [2.24, 2.45) is 0 Å². The quantitative estimate of drug-likeness (QED) is 0.719. The highest BCUT2D eigenvalue weighted by Gasteiger charge is 2.28. The number of likely N-dealkylation sites (N-methyl/N-ethyl adjacent to an activating group) is 1. The molecule has 0 aliphatic carbocycles. The van der Waals surface area contributed by atoms with Gasteiger partial charge in [0.05, 0.1) is 12.1 Å². The Morgan fingerprint density at radius 2 is 2.10 bits per heavy atom. The van der Waals surface area contributed by atoms with Gasteiger partial charge >= 0.3 is 6.09 Å². The van der Waals surface area contributed by atoms with Crippen molar-refractivity contribution >= 4 is 34.4 Å². The van der Waals surface area contributed by atoms with Gasteiger partial charge in [-0.2, -0.15) is 5.26 Å². The number of carbonyl (C=O) groups is 2. The second kappa shape index (κ2) is 10.1. The maximum Gasteiger partial charge on any atom is 0.410 e. The van der Waals surface area contributed by atoms with Crippen molar-refractivity contribution in [2.75, 3.05) is 39.1 Å². The average Bonchev–Trinajstić information content (AvgIpc) is 3.08. The Labute approximate surface area is 180 Å². The lowest BCUT2D eigenvalue weighted by Gasteiger charge is -2.26. The summed E-state index contributed by atoms with van der Waals surface area (Å²) in [5.41, 5.74) is 2.31. The Balaban J connectivity index is 1.66. The van der Waals surface area contributed by atoms with Gasteiger partial charge in [-0.25, -0.2) is 4.79 Å². The predicted molar refractivity (Wildman–Crippen MR) is 117 cm³/mol. The summed E-state index contributed by atoms with van der Waals surface area (Å²) in [5.74, 6) is -0.297. The molecule has 1 aliphatic heterocycles. The second-order valence-corrected chi connectivity index (χ2v) is 8.25. The molecule has 0 bridgehead atoms. The van der Waals surface area contributed by atoms with Crippen molar-refractivity contribution in [1.29, 1.82) is 5.26 Å². The lowest BCUT2D eigenvalue weighted by atomic mass is 10.0. The van der Waals surface area contributed by atoms with Gasteiger partial charge in [-0.05, 0) is 37.7 Å². The molecule has 0 saturated heterocycles. The minimum atomic E-state index is -0.356. The zero-order valence-electron chi connectivity index (χ0n) is 17.1. The molecule has 1 aromatic carbocycles. The number of rotatable bonds is 6. The Bertz CT molecular complexity index is 976. The van der Waals surface area contributed by atoms with Crippen LogP contribution in [0.5, 0.6) is 0 Å². The van der Waals surface area contributed by atoms with Crippen LogP contribution in [0.3, 0.4) is 0 Å². The molecule has 8 heteroatoms. The summed E-state index contributed by atoms with van der Waals surface area (Å²) >= 11 is 1.34. The maximum atomic E-state index is 12.3. The van der Waals surface area contributed by atoms with E-state index in [1.165, 1.54) is 17.4 Å². The lowest BCUT2D eigenvalue weighted by Crippen LogP contribution is -2.36. The standard InChI is InChI=1S/C22H24N4O3S/c1-25(2)12-13-29-22(28)26-11-10-17-18(14-23)21(30-19(17)15-26)24-20(27)9-8-16-6-4-3-5-7-16/h3-9H,10-13,15H2,1-2H3,(H,24,27). The first-order valence-electron chi connectivity index (χ1n) is 9.63. The predicted octanol–water partition coefficient (Wildman–Crippen LogP) is 3.33. The van der Waals surface area contributed by atoms with Crippen LogP contribution < -0.4 is 5.32 Å². The molecule has 1 aromatic heterocycles.